The Morgan fingerprint density at radius 1 is 1.50 bits per heavy atom. The maximum absolute atomic E-state index is 13.7. The molecule has 0 bridgehead atoms. The highest BCUT2D eigenvalue weighted by Crippen LogP contribution is 2.21. The van der Waals surface area contributed by atoms with E-state index < -0.39 is 0 Å². The van der Waals surface area contributed by atoms with Gasteiger partial charge in [-0.15, -0.1) is 0 Å². The molecule has 0 spiro atoms. The molecular weight excluding hydrogens is 231 g/mol. The molecule has 1 aliphatic heterocycles. The van der Waals surface area contributed by atoms with E-state index in [1.807, 2.05) is 6.92 Å². The number of carbonyl (C=O) groups excluding carboxylic acids is 1. The molecule has 1 amide bonds. The van der Waals surface area contributed by atoms with Gasteiger partial charge in [-0.25, -0.2) is 4.39 Å². The standard InChI is InChI=1S/C14H19FN2O/c1-10-3-2-6-17(14(10)18)9-12-7-11(8-16)4-5-13(12)15/h4-5,7,10H,2-3,6,8-9,16H2,1H3. The van der Waals surface area contributed by atoms with Crippen molar-refractivity contribution in [1.82, 2.24) is 4.90 Å². The number of halogens is 1. The summed E-state index contributed by atoms with van der Waals surface area (Å²) < 4.78 is 13.7. The Morgan fingerprint density at radius 2 is 2.28 bits per heavy atom. The summed E-state index contributed by atoms with van der Waals surface area (Å²) in [5.74, 6) is -0.0865. The van der Waals surface area contributed by atoms with Gasteiger partial charge in [0.15, 0.2) is 0 Å². The summed E-state index contributed by atoms with van der Waals surface area (Å²) in [6.45, 7) is 3.39. The number of piperidine rings is 1. The van der Waals surface area contributed by atoms with Crippen molar-refractivity contribution < 1.29 is 9.18 Å². The summed E-state index contributed by atoms with van der Waals surface area (Å²) in [7, 11) is 0. The van der Waals surface area contributed by atoms with Crippen molar-refractivity contribution in [2.24, 2.45) is 11.7 Å². The van der Waals surface area contributed by atoms with E-state index in [1.165, 1.54) is 6.07 Å². The van der Waals surface area contributed by atoms with Crippen molar-refractivity contribution in [3.8, 4) is 0 Å². The minimum absolute atomic E-state index is 0.0551. The van der Waals surface area contributed by atoms with Crippen LogP contribution in [0.1, 0.15) is 30.9 Å². The van der Waals surface area contributed by atoms with Crippen LogP contribution in [0.2, 0.25) is 0 Å². The second-order valence-corrected chi connectivity index (χ2v) is 4.93. The van der Waals surface area contributed by atoms with Gasteiger partial charge in [0.1, 0.15) is 5.82 Å². The van der Waals surface area contributed by atoms with Gasteiger partial charge in [-0.3, -0.25) is 4.79 Å². The maximum atomic E-state index is 13.7. The van der Waals surface area contributed by atoms with Crippen LogP contribution in [0.25, 0.3) is 0 Å². The van der Waals surface area contributed by atoms with Gasteiger partial charge in [0.05, 0.1) is 0 Å². The Bertz CT molecular complexity index is 447. The van der Waals surface area contributed by atoms with E-state index >= 15 is 0 Å². The van der Waals surface area contributed by atoms with E-state index in [2.05, 4.69) is 0 Å². The third-order valence-corrected chi connectivity index (χ3v) is 3.51. The van der Waals surface area contributed by atoms with Gasteiger partial charge in [0.25, 0.3) is 0 Å². The molecule has 1 aliphatic rings. The molecule has 1 aromatic carbocycles. The van der Waals surface area contributed by atoms with Gasteiger partial charge in [-0.05, 0) is 30.5 Å². The molecule has 0 aliphatic carbocycles. The highest BCUT2D eigenvalue weighted by atomic mass is 19.1. The number of amides is 1. The molecule has 0 saturated carbocycles. The van der Waals surface area contributed by atoms with E-state index in [1.54, 1.807) is 17.0 Å². The van der Waals surface area contributed by atoms with Crippen molar-refractivity contribution >= 4 is 5.91 Å². The van der Waals surface area contributed by atoms with Gasteiger partial charge >= 0.3 is 0 Å². The molecule has 4 heteroatoms. The van der Waals surface area contributed by atoms with Crippen LogP contribution < -0.4 is 5.73 Å². The number of nitrogens with two attached hydrogens (primary N) is 1. The van der Waals surface area contributed by atoms with Crippen LogP contribution >= 0.6 is 0 Å². The van der Waals surface area contributed by atoms with Crippen LogP contribution in [0.15, 0.2) is 18.2 Å². The van der Waals surface area contributed by atoms with Gasteiger partial charge in [0, 0.05) is 31.1 Å². The fourth-order valence-electron chi connectivity index (χ4n) is 2.37. The molecule has 2 N–H and O–H groups in total. The number of rotatable bonds is 3. The minimum atomic E-state index is -0.266. The van der Waals surface area contributed by atoms with E-state index in [0.29, 0.717) is 18.7 Å². The normalized spacial score (nSPS) is 20.3. The summed E-state index contributed by atoms with van der Waals surface area (Å²) >= 11 is 0. The van der Waals surface area contributed by atoms with Gasteiger partial charge in [-0.2, -0.15) is 0 Å². The number of hydrogen-bond donors (Lipinski definition) is 1. The van der Waals surface area contributed by atoms with E-state index in [0.717, 1.165) is 24.9 Å². The smallest absolute Gasteiger partial charge is 0.225 e. The quantitative estimate of drug-likeness (QED) is 0.892. The van der Waals surface area contributed by atoms with E-state index in [4.69, 9.17) is 5.73 Å². The minimum Gasteiger partial charge on any atom is -0.338 e. The van der Waals surface area contributed by atoms with E-state index in [-0.39, 0.29) is 17.6 Å². The first-order chi connectivity index (χ1) is 8.61. The second-order valence-electron chi connectivity index (χ2n) is 4.93. The lowest BCUT2D eigenvalue weighted by atomic mass is 9.98. The Labute approximate surface area is 107 Å². The molecule has 18 heavy (non-hydrogen) atoms. The molecule has 0 radical (unpaired) electrons. The molecule has 1 aromatic rings. The first-order valence-corrected chi connectivity index (χ1v) is 6.38. The SMILES string of the molecule is CC1CCCN(Cc2cc(CN)ccc2F)C1=O. The zero-order valence-electron chi connectivity index (χ0n) is 10.7. The Morgan fingerprint density at radius 3 is 3.00 bits per heavy atom. The maximum Gasteiger partial charge on any atom is 0.225 e. The predicted molar refractivity (Wildman–Crippen MR) is 68.1 cm³/mol. The third kappa shape index (κ3) is 2.70. The van der Waals surface area contributed by atoms with Gasteiger partial charge in [0.2, 0.25) is 5.91 Å². The Kier molecular flexibility index (Phi) is 3.97. The number of nitrogens with zero attached hydrogens (tertiary/aromatic N) is 1. The highest BCUT2D eigenvalue weighted by Gasteiger charge is 2.25. The topological polar surface area (TPSA) is 46.3 Å². The lowest BCUT2D eigenvalue weighted by Crippen LogP contribution is -2.39. The largest absolute Gasteiger partial charge is 0.338 e. The molecule has 2 rings (SSSR count). The average molecular weight is 250 g/mol. The van der Waals surface area contributed by atoms with Crippen molar-refractivity contribution in [3.63, 3.8) is 0 Å². The average Bonchev–Trinajstić information content (AvgIpc) is 2.37. The molecule has 3 nitrogen and oxygen atoms in total. The molecule has 1 fully saturated rings. The molecular formula is C14H19FN2O. The summed E-state index contributed by atoms with van der Waals surface area (Å²) in [6.07, 6.45) is 1.92. The van der Waals surface area contributed by atoms with Gasteiger partial charge < -0.3 is 10.6 Å². The number of carbonyl (C=O) groups is 1. The molecule has 1 heterocycles. The summed E-state index contributed by atoms with van der Waals surface area (Å²) in [5.41, 5.74) is 7.00. The molecule has 1 atom stereocenters. The van der Waals surface area contributed by atoms with Crippen LogP contribution in [0, 0.1) is 11.7 Å². The fourth-order valence-corrected chi connectivity index (χ4v) is 2.37. The van der Waals surface area contributed by atoms with Crippen LogP contribution in [0.3, 0.4) is 0 Å². The number of benzene rings is 1. The van der Waals surface area contributed by atoms with Gasteiger partial charge in [-0.1, -0.05) is 13.0 Å². The van der Waals surface area contributed by atoms with Crippen LogP contribution in [-0.2, 0) is 17.9 Å². The monoisotopic (exact) mass is 250 g/mol. The lowest BCUT2D eigenvalue weighted by Gasteiger charge is -2.30. The first kappa shape index (κ1) is 13.0. The van der Waals surface area contributed by atoms with Crippen molar-refractivity contribution in [2.45, 2.75) is 32.9 Å². The van der Waals surface area contributed by atoms with E-state index in [9.17, 15) is 9.18 Å². The van der Waals surface area contributed by atoms with Crippen LogP contribution in [-0.4, -0.2) is 17.4 Å². The fraction of sp³-hybridized carbons (Fsp3) is 0.500. The Balaban J connectivity index is 2.15. The Hall–Kier alpha value is -1.42. The molecule has 1 saturated heterocycles. The molecule has 0 aromatic heterocycles. The third-order valence-electron chi connectivity index (χ3n) is 3.51. The number of hydrogen-bond acceptors (Lipinski definition) is 2. The number of likely N-dealkylation sites (tertiary alicyclic amines) is 1. The summed E-state index contributed by atoms with van der Waals surface area (Å²) in [5, 5.41) is 0. The second kappa shape index (κ2) is 5.48. The zero-order valence-corrected chi connectivity index (χ0v) is 10.7. The van der Waals surface area contributed by atoms with Crippen LogP contribution in [0.4, 0.5) is 4.39 Å². The first-order valence-electron chi connectivity index (χ1n) is 6.38. The van der Waals surface area contributed by atoms with Crippen molar-refractivity contribution in [2.75, 3.05) is 6.54 Å². The summed E-state index contributed by atoms with van der Waals surface area (Å²) in [6, 6.07) is 4.86. The highest BCUT2D eigenvalue weighted by molar-refractivity contribution is 5.79. The molecule has 98 valence electrons. The van der Waals surface area contributed by atoms with Crippen molar-refractivity contribution in [1.29, 1.82) is 0 Å². The lowest BCUT2D eigenvalue weighted by molar-refractivity contribution is -0.138. The molecule has 1 unspecified atom stereocenters. The van der Waals surface area contributed by atoms with Crippen molar-refractivity contribution in [3.05, 3.63) is 35.1 Å². The predicted octanol–water partition coefficient (Wildman–Crippen LogP) is 2.04. The zero-order chi connectivity index (χ0) is 13.1. The summed E-state index contributed by atoms with van der Waals surface area (Å²) in [4.78, 5) is 13.7. The van der Waals surface area contributed by atoms with Crippen LogP contribution in [0.5, 0.6) is 0 Å².